The van der Waals surface area contributed by atoms with Gasteiger partial charge in [-0.15, -0.1) is 0 Å². The summed E-state index contributed by atoms with van der Waals surface area (Å²) in [6, 6.07) is 6.79. The Morgan fingerprint density at radius 2 is 2.21 bits per heavy atom. The molecule has 1 aliphatic rings. The maximum Gasteiger partial charge on any atom is 0.0178 e. The van der Waals surface area contributed by atoms with E-state index in [1.807, 2.05) is 0 Å². The molecule has 1 aromatic carbocycles. The average molecular weight is 254 g/mol. The van der Waals surface area contributed by atoms with Gasteiger partial charge < -0.3 is 5.73 Å². The molecule has 0 bridgehead atoms. The van der Waals surface area contributed by atoms with Gasteiger partial charge in [-0.05, 0) is 55.4 Å². The van der Waals surface area contributed by atoms with Gasteiger partial charge in [-0.3, -0.25) is 0 Å². The minimum absolute atomic E-state index is 0.364. The third-order valence-electron chi connectivity index (χ3n) is 2.99. The van der Waals surface area contributed by atoms with Gasteiger partial charge in [-0.25, -0.2) is 0 Å². The molecule has 1 aliphatic carbocycles. The number of hydrogen-bond acceptors (Lipinski definition) is 1. The van der Waals surface area contributed by atoms with Crippen LogP contribution in [-0.2, 0) is 6.42 Å². The highest BCUT2D eigenvalue weighted by molar-refractivity contribution is 9.10. The molecule has 0 radical (unpaired) electrons. The Labute approximate surface area is 93.8 Å². The van der Waals surface area contributed by atoms with E-state index in [4.69, 9.17) is 5.73 Å². The Bertz CT molecular complexity index is 331. The van der Waals surface area contributed by atoms with Crippen LogP contribution in [0.15, 0.2) is 22.7 Å². The fourth-order valence-electron chi connectivity index (χ4n) is 1.80. The minimum atomic E-state index is 0.364. The van der Waals surface area contributed by atoms with Crippen LogP contribution in [0.5, 0.6) is 0 Å². The summed E-state index contributed by atoms with van der Waals surface area (Å²) in [6.45, 7) is 2.15. The van der Waals surface area contributed by atoms with Crippen molar-refractivity contribution in [2.45, 2.75) is 32.2 Å². The van der Waals surface area contributed by atoms with E-state index in [1.165, 1.54) is 24.0 Å². The van der Waals surface area contributed by atoms with Crippen molar-refractivity contribution in [1.29, 1.82) is 0 Å². The van der Waals surface area contributed by atoms with Crippen molar-refractivity contribution < 1.29 is 0 Å². The lowest BCUT2D eigenvalue weighted by Gasteiger charge is -2.12. The first-order chi connectivity index (χ1) is 6.66. The highest BCUT2D eigenvalue weighted by Crippen LogP contribution is 2.33. The van der Waals surface area contributed by atoms with Crippen molar-refractivity contribution in [2.75, 3.05) is 0 Å². The number of nitrogens with two attached hydrogens (primary N) is 1. The van der Waals surface area contributed by atoms with Crippen LogP contribution in [0.1, 0.15) is 24.0 Å². The van der Waals surface area contributed by atoms with Gasteiger partial charge in [-0.1, -0.05) is 22.0 Å². The Balaban J connectivity index is 2.10. The lowest BCUT2D eigenvalue weighted by molar-refractivity contribution is 0.590. The van der Waals surface area contributed by atoms with E-state index in [-0.39, 0.29) is 0 Å². The predicted molar refractivity (Wildman–Crippen MR) is 63.3 cm³/mol. The van der Waals surface area contributed by atoms with Gasteiger partial charge in [0.1, 0.15) is 0 Å². The zero-order chi connectivity index (χ0) is 10.1. The van der Waals surface area contributed by atoms with Crippen LogP contribution >= 0.6 is 15.9 Å². The van der Waals surface area contributed by atoms with Crippen molar-refractivity contribution in [3.05, 3.63) is 33.8 Å². The van der Waals surface area contributed by atoms with E-state index in [1.54, 1.807) is 0 Å². The summed E-state index contributed by atoms with van der Waals surface area (Å²) in [6.07, 6.45) is 3.68. The minimum Gasteiger partial charge on any atom is -0.327 e. The van der Waals surface area contributed by atoms with Crippen LogP contribution in [0.3, 0.4) is 0 Å². The molecule has 2 N–H and O–H groups in total. The summed E-state index contributed by atoms with van der Waals surface area (Å²) in [5, 5.41) is 0. The monoisotopic (exact) mass is 253 g/mol. The number of halogens is 1. The first-order valence-electron chi connectivity index (χ1n) is 5.17. The van der Waals surface area contributed by atoms with Crippen LogP contribution in [0.4, 0.5) is 0 Å². The molecule has 1 atom stereocenters. The van der Waals surface area contributed by atoms with Crippen LogP contribution in [0, 0.1) is 12.8 Å². The molecule has 0 spiro atoms. The smallest absolute Gasteiger partial charge is 0.0178 e. The molecule has 1 nitrogen and oxygen atoms in total. The SMILES string of the molecule is Cc1ccc(Br)cc1CC(N)C1CC1. The van der Waals surface area contributed by atoms with E-state index in [0.717, 1.165) is 16.8 Å². The molecule has 1 saturated carbocycles. The standard InChI is InChI=1S/C12H16BrN/c1-8-2-5-11(13)6-10(8)7-12(14)9-3-4-9/h2,5-6,9,12H,3-4,7,14H2,1H3. The molecule has 2 heteroatoms. The molecule has 1 aromatic rings. The molecule has 0 aliphatic heterocycles. The molecule has 1 unspecified atom stereocenters. The topological polar surface area (TPSA) is 26.0 Å². The van der Waals surface area contributed by atoms with Crippen LogP contribution < -0.4 is 5.73 Å². The normalized spacial score (nSPS) is 18.2. The molecular weight excluding hydrogens is 238 g/mol. The first-order valence-corrected chi connectivity index (χ1v) is 5.96. The lowest BCUT2D eigenvalue weighted by Crippen LogP contribution is -2.25. The van der Waals surface area contributed by atoms with Crippen LogP contribution in [0.2, 0.25) is 0 Å². The number of benzene rings is 1. The third kappa shape index (κ3) is 2.37. The molecule has 0 aromatic heterocycles. The van der Waals surface area contributed by atoms with Crippen molar-refractivity contribution in [3.63, 3.8) is 0 Å². The van der Waals surface area contributed by atoms with Crippen molar-refractivity contribution in [3.8, 4) is 0 Å². The van der Waals surface area contributed by atoms with Crippen LogP contribution in [-0.4, -0.2) is 6.04 Å². The summed E-state index contributed by atoms with van der Waals surface area (Å²) < 4.78 is 1.15. The fourth-order valence-corrected chi connectivity index (χ4v) is 2.21. The Hall–Kier alpha value is -0.340. The summed E-state index contributed by atoms with van der Waals surface area (Å²) >= 11 is 3.50. The second kappa shape index (κ2) is 4.03. The Kier molecular flexibility index (Phi) is 2.93. The van der Waals surface area contributed by atoms with E-state index in [2.05, 4.69) is 41.1 Å². The van der Waals surface area contributed by atoms with Crippen molar-refractivity contribution in [1.82, 2.24) is 0 Å². The molecule has 0 heterocycles. The second-order valence-electron chi connectivity index (χ2n) is 4.28. The quantitative estimate of drug-likeness (QED) is 0.881. The predicted octanol–water partition coefficient (Wildman–Crippen LogP) is 3.04. The first kappa shape index (κ1) is 10.2. The summed E-state index contributed by atoms with van der Waals surface area (Å²) in [5.41, 5.74) is 8.85. The van der Waals surface area contributed by atoms with Gasteiger partial charge in [0.2, 0.25) is 0 Å². The second-order valence-corrected chi connectivity index (χ2v) is 5.19. The van der Waals surface area contributed by atoms with Gasteiger partial charge in [0.25, 0.3) is 0 Å². The van der Waals surface area contributed by atoms with Crippen LogP contribution in [0.25, 0.3) is 0 Å². The van der Waals surface area contributed by atoms with E-state index in [9.17, 15) is 0 Å². The van der Waals surface area contributed by atoms with E-state index >= 15 is 0 Å². The number of rotatable bonds is 3. The van der Waals surface area contributed by atoms with Crippen molar-refractivity contribution in [2.24, 2.45) is 11.7 Å². The summed E-state index contributed by atoms with van der Waals surface area (Å²) in [7, 11) is 0. The van der Waals surface area contributed by atoms with E-state index < -0.39 is 0 Å². The lowest BCUT2D eigenvalue weighted by atomic mass is 9.99. The molecule has 14 heavy (non-hydrogen) atoms. The van der Waals surface area contributed by atoms with Gasteiger partial charge >= 0.3 is 0 Å². The highest BCUT2D eigenvalue weighted by atomic mass is 79.9. The number of hydrogen-bond donors (Lipinski definition) is 1. The molecule has 0 amide bonds. The molecule has 1 fully saturated rings. The van der Waals surface area contributed by atoms with Gasteiger partial charge in [0.05, 0.1) is 0 Å². The average Bonchev–Trinajstić information content (AvgIpc) is 2.94. The number of aryl methyl sites for hydroxylation is 1. The van der Waals surface area contributed by atoms with Crippen molar-refractivity contribution >= 4 is 15.9 Å². The zero-order valence-electron chi connectivity index (χ0n) is 8.46. The Morgan fingerprint density at radius 1 is 1.50 bits per heavy atom. The van der Waals surface area contributed by atoms with Gasteiger partial charge in [-0.2, -0.15) is 0 Å². The summed E-state index contributed by atoms with van der Waals surface area (Å²) in [5.74, 6) is 0.786. The molecule has 0 saturated heterocycles. The van der Waals surface area contributed by atoms with Gasteiger partial charge in [0.15, 0.2) is 0 Å². The van der Waals surface area contributed by atoms with Gasteiger partial charge in [0, 0.05) is 10.5 Å². The maximum absolute atomic E-state index is 6.11. The fraction of sp³-hybridized carbons (Fsp3) is 0.500. The third-order valence-corrected chi connectivity index (χ3v) is 3.49. The maximum atomic E-state index is 6.11. The molecule has 2 rings (SSSR count). The summed E-state index contributed by atoms with van der Waals surface area (Å²) in [4.78, 5) is 0. The Morgan fingerprint density at radius 3 is 2.86 bits per heavy atom. The zero-order valence-corrected chi connectivity index (χ0v) is 10.0. The molecular formula is C12H16BrN. The largest absolute Gasteiger partial charge is 0.327 e. The molecule has 76 valence electrons. The highest BCUT2D eigenvalue weighted by Gasteiger charge is 2.28. The van der Waals surface area contributed by atoms with E-state index in [0.29, 0.717) is 6.04 Å².